The van der Waals surface area contributed by atoms with Crippen LogP contribution in [0.15, 0.2) is 16.7 Å². The van der Waals surface area contributed by atoms with Gasteiger partial charge in [-0.15, -0.1) is 0 Å². The molecule has 1 amide bonds. The van der Waals surface area contributed by atoms with Gasteiger partial charge in [-0.3, -0.25) is 4.79 Å². The molecule has 1 aromatic rings. The SMILES string of the molecule is COC(=O)c1occc1CNC(C)CC(N)=O. The number of nitrogens with one attached hydrogen (secondary N) is 1. The highest BCUT2D eigenvalue weighted by molar-refractivity contribution is 5.87. The van der Waals surface area contributed by atoms with E-state index in [2.05, 4.69) is 10.1 Å². The third-order valence-electron chi connectivity index (χ3n) is 2.27. The van der Waals surface area contributed by atoms with Gasteiger partial charge in [0.05, 0.1) is 13.4 Å². The Balaban J connectivity index is 2.55. The maximum Gasteiger partial charge on any atom is 0.374 e. The Morgan fingerprint density at radius 3 is 2.88 bits per heavy atom. The van der Waals surface area contributed by atoms with Gasteiger partial charge in [0.1, 0.15) is 0 Å². The Morgan fingerprint density at radius 1 is 1.59 bits per heavy atom. The molecule has 0 radical (unpaired) electrons. The van der Waals surface area contributed by atoms with Crippen molar-refractivity contribution in [3.8, 4) is 0 Å². The van der Waals surface area contributed by atoms with Crippen LogP contribution in [0.3, 0.4) is 0 Å². The summed E-state index contributed by atoms with van der Waals surface area (Å²) in [6.45, 7) is 2.25. The summed E-state index contributed by atoms with van der Waals surface area (Å²) < 4.78 is 9.60. The Labute approximate surface area is 99.1 Å². The summed E-state index contributed by atoms with van der Waals surface area (Å²) >= 11 is 0. The summed E-state index contributed by atoms with van der Waals surface area (Å²) in [5.41, 5.74) is 5.76. The zero-order valence-corrected chi connectivity index (χ0v) is 9.86. The molecule has 0 saturated heterocycles. The van der Waals surface area contributed by atoms with Crippen molar-refractivity contribution in [2.24, 2.45) is 5.73 Å². The average molecular weight is 240 g/mol. The molecule has 0 aliphatic carbocycles. The summed E-state index contributed by atoms with van der Waals surface area (Å²) in [7, 11) is 1.29. The molecule has 1 atom stereocenters. The fourth-order valence-electron chi connectivity index (χ4n) is 1.40. The molecule has 0 saturated carbocycles. The van der Waals surface area contributed by atoms with Gasteiger partial charge in [-0.25, -0.2) is 4.79 Å². The molecule has 1 unspecified atom stereocenters. The van der Waals surface area contributed by atoms with E-state index in [4.69, 9.17) is 10.2 Å². The van der Waals surface area contributed by atoms with Crippen LogP contribution in [0.5, 0.6) is 0 Å². The third kappa shape index (κ3) is 3.92. The number of methoxy groups -OCH3 is 1. The zero-order chi connectivity index (χ0) is 12.8. The molecule has 6 nitrogen and oxygen atoms in total. The van der Waals surface area contributed by atoms with Gasteiger partial charge in [-0.1, -0.05) is 0 Å². The Hall–Kier alpha value is -1.82. The van der Waals surface area contributed by atoms with Crippen LogP contribution < -0.4 is 11.1 Å². The molecule has 0 aliphatic rings. The Morgan fingerprint density at radius 2 is 2.29 bits per heavy atom. The minimum Gasteiger partial charge on any atom is -0.463 e. The van der Waals surface area contributed by atoms with Crippen LogP contribution in [0.25, 0.3) is 0 Å². The summed E-state index contributed by atoms with van der Waals surface area (Å²) in [5, 5.41) is 3.07. The van der Waals surface area contributed by atoms with Gasteiger partial charge in [0.25, 0.3) is 0 Å². The number of rotatable bonds is 6. The number of ether oxygens (including phenoxy) is 1. The van der Waals surface area contributed by atoms with Gasteiger partial charge < -0.3 is 20.2 Å². The third-order valence-corrected chi connectivity index (χ3v) is 2.27. The van der Waals surface area contributed by atoms with Crippen molar-refractivity contribution in [2.75, 3.05) is 7.11 Å². The highest BCUT2D eigenvalue weighted by Crippen LogP contribution is 2.11. The average Bonchev–Trinajstić information content (AvgIpc) is 2.72. The van der Waals surface area contributed by atoms with E-state index in [1.165, 1.54) is 13.4 Å². The van der Waals surface area contributed by atoms with Crippen LogP contribution in [0.1, 0.15) is 29.5 Å². The number of furan rings is 1. The van der Waals surface area contributed by atoms with Crippen molar-refractivity contribution in [3.63, 3.8) is 0 Å². The fourth-order valence-corrected chi connectivity index (χ4v) is 1.40. The summed E-state index contributed by atoms with van der Waals surface area (Å²) in [6.07, 6.45) is 1.66. The van der Waals surface area contributed by atoms with Crippen molar-refractivity contribution in [1.29, 1.82) is 0 Å². The molecule has 0 fully saturated rings. The van der Waals surface area contributed by atoms with Crippen LogP contribution in [0, 0.1) is 0 Å². The van der Waals surface area contributed by atoms with E-state index >= 15 is 0 Å². The second kappa shape index (κ2) is 6.05. The van der Waals surface area contributed by atoms with E-state index < -0.39 is 5.97 Å². The molecule has 1 rings (SSSR count). The molecule has 94 valence electrons. The predicted octanol–water partition coefficient (Wildman–Crippen LogP) is 0.420. The maximum atomic E-state index is 11.3. The topological polar surface area (TPSA) is 94.6 Å². The van der Waals surface area contributed by atoms with Gasteiger partial charge in [-0.05, 0) is 13.0 Å². The molecule has 0 aromatic carbocycles. The van der Waals surface area contributed by atoms with Gasteiger partial charge in [-0.2, -0.15) is 0 Å². The van der Waals surface area contributed by atoms with Crippen molar-refractivity contribution in [2.45, 2.75) is 25.9 Å². The molecular formula is C11H16N2O4. The first-order chi connectivity index (χ1) is 8.04. The standard InChI is InChI=1S/C11H16N2O4/c1-7(5-9(12)14)13-6-8-3-4-17-10(8)11(15)16-2/h3-4,7,13H,5-6H2,1-2H3,(H2,12,14). The number of amides is 1. The molecule has 6 heteroatoms. The lowest BCUT2D eigenvalue weighted by atomic mass is 10.2. The second-order valence-corrected chi connectivity index (χ2v) is 3.72. The lowest BCUT2D eigenvalue weighted by Crippen LogP contribution is -2.30. The first kappa shape index (κ1) is 13.2. The largest absolute Gasteiger partial charge is 0.463 e. The predicted molar refractivity (Wildman–Crippen MR) is 60.2 cm³/mol. The molecule has 0 spiro atoms. The number of carbonyl (C=O) groups excluding carboxylic acids is 2. The van der Waals surface area contributed by atoms with E-state index in [9.17, 15) is 9.59 Å². The number of nitrogens with two attached hydrogens (primary N) is 1. The molecule has 17 heavy (non-hydrogen) atoms. The van der Waals surface area contributed by atoms with E-state index in [1.54, 1.807) is 6.07 Å². The van der Waals surface area contributed by atoms with Gasteiger partial charge in [0.15, 0.2) is 0 Å². The number of esters is 1. The monoisotopic (exact) mass is 240 g/mol. The lowest BCUT2D eigenvalue weighted by Gasteiger charge is -2.11. The van der Waals surface area contributed by atoms with Gasteiger partial charge >= 0.3 is 5.97 Å². The van der Waals surface area contributed by atoms with Crippen LogP contribution in [-0.4, -0.2) is 25.0 Å². The van der Waals surface area contributed by atoms with Crippen molar-refractivity contribution in [3.05, 3.63) is 23.7 Å². The highest BCUT2D eigenvalue weighted by Gasteiger charge is 2.16. The number of hydrogen-bond donors (Lipinski definition) is 2. The van der Waals surface area contributed by atoms with Crippen molar-refractivity contribution < 1.29 is 18.7 Å². The van der Waals surface area contributed by atoms with Crippen LogP contribution >= 0.6 is 0 Å². The van der Waals surface area contributed by atoms with Crippen molar-refractivity contribution >= 4 is 11.9 Å². The summed E-state index contributed by atoms with van der Waals surface area (Å²) in [6, 6.07) is 1.61. The quantitative estimate of drug-likeness (QED) is 0.703. The second-order valence-electron chi connectivity index (χ2n) is 3.72. The summed E-state index contributed by atoms with van der Waals surface area (Å²) in [5.74, 6) is -0.717. The first-order valence-electron chi connectivity index (χ1n) is 5.21. The van der Waals surface area contributed by atoms with E-state index in [0.29, 0.717) is 12.1 Å². The van der Waals surface area contributed by atoms with E-state index in [-0.39, 0.29) is 24.1 Å². The van der Waals surface area contributed by atoms with Crippen LogP contribution in [0.2, 0.25) is 0 Å². The maximum absolute atomic E-state index is 11.3. The molecule has 1 aromatic heterocycles. The van der Waals surface area contributed by atoms with Crippen LogP contribution in [-0.2, 0) is 16.1 Å². The smallest absolute Gasteiger partial charge is 0.374 e. The van der Waals surface area contributed by atoms with E-state index in [0.717, 1.165) is 0 Å². The molecular weight excluding hydrogens is 224 g/mol. The van der Waals surface area contributed by atoms with E-state index in [1.807, 2.05) is 6.92 Å². The fraction of sp³-hybridized carbons (Fsp3) is 0.455. The Kier molecular flexibility index (Phi) is 4.71. The summed E-state index contributed by atoms with van der Waals surface area (Å²) in [4.78, 5) is 22.0. The minimum absolute atomic E-state index is 0.0621. The number of primary amides is 1. The zero-order valence-electron chi connectivity index (χ0n) is 9.86. The first-order valence-corrected chi connectivity index (χ1v) is 5.21. The van der Waals surface area contributed by atoms with Gasteiger partial charge in [0, 0.05) is 24.6 Å². The number of hydrogen-bond acceptors (Lipinski definition) is 5. The van der Waals surface area contributed by atoms with Gasteiger partial charge in [0.2, 0.25) is 11.7 Å². The molecule has 0 aliphatic heterocycles. The highest BCUT2D eigenvalue weighted by atomic mass is 16.5. The number of carbonyl (C=O) groups is 2. The normalized spacial score (nSPS) is 12.1. The molecule has 3 N–H and O–H groups in total. The van der Waals surface area contributed by atoms with Crippen molar-refractivity contribution in [1.82, 2.24) is 5.32 Å². The molecule has 0 bridgehead atoms. The van der Waals surface area contributed by atoms with Crippen LogP contribution in [0.4, 0.5) is 0 Å². The Bertz CT molecular complexity index is 400. The molecule has 1 heterocycles. The lowest BCUT2D eigenvalue weighted by molar-refractivity contribution is -0.118. The minimum atomic E-state index is -0.519.